The predicted molar refractivity (Wildman–Crippen MR) is 98.4 cm³/mol. The zero-order valence-corrected chi connectivity index (χ0v) is 15.0. The molecule has 0 bridgehead atoms. The Hall–Kier alpha value is -2.86. The van der Waals surface area contributed by atoms with Crippen molar-refractivity contribution in [2.75, 3.05) is 5.88 Å². The molecule has 0 saturated heterocycles. The van der Waals surface area contributed by atoms with E-state index in [-0.39, 0.29) is 30.1 Å². The van der Waals surface area contributed by atoms with Crippen molar-refractivity contribution in [3.63, 3.8) is 0 Å². The molecule has 0 aliphatic heterocycles. The van der Waals surface area contributed by atoms with Crippen molar-refractivity contribution in [1.82, 2.24) is 10.9 Å². The van der Waals surface area contributed by atoms with Crippen LogP contribution in [0.2, 0.25) is 0 Å². The van der Waals surface area contributed by atoms with Gasteiger partial charge in [-0.3, -0.25) is 25.2 Å². The minimum Gasteiger partial charge on any atom is -0.465 e. The van der Waals surface area contributed by atoms with Crippen LogP contribution < -0.4 is 10.9 Å². The Labute approximate surface area is 156 Å². The number of Topliss-reactive ketones (excluding diaryl/α,β-unsaturated/α-hetero) is 1. The minimum atomic E-state index is -0.593. The summed E-state index contributed by atoms with van der Waals surface area (Å²) in [5.74, 6) is -0.660. The van der Waals surface area contributed by atoms with Gasteiger partial charge < -0.3 is 4.42 Å². The molecule has 2 rings (SSSR count). The molecule has 1 aromatic carbocycles. The molecular formula is C19H19ClN2O4. The molecule has 0 aliphatic carbocycles. The predicted octanol–water partition coefficient (Wildman–Crippen LogP) is 3.02. The van der Waals surface area contributed by atoms with Gasteiger partial charge in [-0.1, -0.05) is 29.8 Å². The van der Waals surface area contributed by atoms with E-state index in [1.807, 2.05) is 19.1 Å². The van der Waals surface area contributed by atoms with Gasteiger partial charge in [0, 0.05) is 29.9 Å². The summed E-state index contributed by atoms with van der Waals surface area (Å²) < 4.78 is 5.21. The van der Waals surface area contributed by atoms with Crippen LogP contribution in [0.5, 0.6) is 0 Å². The normalized spacial score (nSPS) is 11.1. The van der Waals surface area contributed by atoms with E-state index < -0.39 is 11.8 Å². The highest BCUT2D eigenvalue weighted by atomic mass is 35.5. The number of hydrogen-bond donors (Lipinski definition) is 2. The first kappa shape index (κ1) is 19.5. The van der Waals surface area contributed by atoms with E-state index in [4.69, 9.17) is 16.0 Å². The number of carbonyl (C=O) groups is 3. The highest BCUT2D eigenvalue weighted by Gasteiger charge is 2.17. The highest BCUT2D eigenvalue weighted by Crippen LogP contribution is 2.15. The van der Waals surface area contributed by atoms with Crippen LogP contribution in [-0.4, -0.2) is 23.5 Å². The van der Waals surface area contributed by atoms with Crippen molar-refractivity contribution >= 4 is 35.3 Å². The average molecular weight is 375 g/mol. The van der Waals surface area contributed by atoms with Gasteiger partial charge in [-0.15, -0.1) is 11.6 Å². The fourth-order valence-corrected chi connectivity index (χ4v) is 2.28. The second-order valence-corrected chi connectivity index (χ2v) is 5.97. The van der Waals surface area contributed by atoms with Crippen molar-refractivity contribution in [3.05, 3.63) is 65.1 Å². The second kappa shape index (κ2) is 9.58. The molecule has 0 fully saturated rings. The van der Waals surface area contributed by atoms with E-state index in [1.54, 1.807) is 24.3 Å². The van der Waals surface area contributed by atoms with Gasteiger partial charge in [0.25, 0.3) is 5.91 Å². The molecular weight excluding hydrogens is 356 g/mol. The molecule has 0 atom stereocenters. The van der Waals surface area contributed by atoms with Crippen LogP contribution in [-0.2, 0) is 9.59 Å². The largest absolute Gasteiger partial charge is 0.465 e. The molecule has 0 radical (unpaired) electrons. The van der Waals surface area contributed by atoms with Crippen molar-refractivity contribution in [3.8, 4) is 0 Å². The number of furan rings is 1. The third-order valence-electron chi connectivity index (χ3n) is 3.51. The topological polar surface area (TPSA) is 88.4 Å². The maximum Gasteiger partial charge on any atom is 0.266 e. The number of benzene rings is 1. The first-order chi connectivity index (χ1) is 12.5. The number of amides is 2. The van der Waals surface area contributed by atoms with Crippen LogP contribution in [0.1, 0.15) is 34.5 Å². The Morgan fingerprint density at radius 3 is 2.46 bits per heavy atom. The van der Waals surface area contributed by atoms with Gasteiger partial charge in [0.1, 0.15) is 5.76 Å². The Balaban J connectivity index is 2.13. The number of alkyl halides is 1. The fraction of sp³-hybridized carbons (Fsp3) is 0.211. The smallest absolute Gasteiger partial charge is 0.266 e. The molecule has 0 aliphatic rings. The lowest BCUT2D eigenvalue weighted by Gasteiger charge is -2.10. The maximum absolute atomic E-state index is 12.5. The first-order valence-electron chi connectivity index (χ1n) is 7.98. The van der Waals surface area contributed by atoms with Crippen LogP contribution in [0.15, 0.2) is 52.7 Å². The van der Waals surface area contributed by atoms with Gasteiger partial charge in [0.2, 0.25) is 5.91 Å². The van der Waals surface area contributed by atoms with Crippen molar-refractivity contribution in [2.45, 2.75) is 19.8 Å². The molecule has 2 amide bonds. The standard InChI is InChI=1S/C19H19ClN2O4/c1-13-4-6-14(7-5-13)17(23)12-15(11-16-3-2-10-26-16)19(25)22-21-18(24)8-9-20/h2-7,10-11H,8-9,12H2,1H3,(H,21,24)(H,22,25)/b15-11+. The third kappa shape index (κ3) is 5.89. The fourth-order valence-electron chi connectivity index (χ4n) is 2.11. The molecule has 0 unspecified atom stereocenters. The van der Waals surface area contributed by atoms with E-state index in [2.05, 4.69) is 10.9 Å². The van der Waals surface area contributed by atoms with Crippen LogP contribution in [0.4, 0.5) is 0 Å². The molecule has 0 saturated carbocycles. The number of hydrogen-bond acceptors (Lipinski definition) is 4. The van der Waals surface area contributed by atoms with Gasteiger partial charge in [0.05, 0.1) is 6.26 Å². The molecule has 1 aromatic heterocycles. The molecule has 1 heterocycles. The summed E-state index contributed by atoms with van der Waals surface area (Å²) in [6.07, 6.45) is 2.86. The lowest BCUT2D eigenvalue weighted by molar-refractivity contribution is -0.126. The Kier molecular flexibility index (Phi) is 7.17. The maximum atomic E-state index is 12.5. The molecule has 2 N–H and O–H groups in total. The van der Waals surface area contributed by atoms with Gasteiger partial charge in [-0.05, 0) is 25.1 Å². The Bertz CT molecular complexity index is 795. The van der Waals surface area contributed by atoms with Crippen LogP contribution in [0, 0.1) is 6.92 Å². The quantitative estimate of drug-likeness (QED) is 0.337. The second-order valence-electron chi connectivity index (χ2n) is 5.59. The molecule has 26 heavy (non-hydrogen) atoms. The summed E-state index contributed by atoms with van der Waals surface area (Å²) in [5, 5.41) is 0. The van der Waals surface area contributed by atoms with E-state index in [1.165, 1.54) is 12.3 Å². The van der Waals surface area contributed by atoms with Gasteiger partial charge in [-0.2, -0.15) is 0 Å². The number of rotatable bonds is 7. The summed E-state index contributed by atoms with van der Waals surface area (Å²) in [4.78, 5) is 36.3. The monoisotopic (exact) mass is 374 g/mol. The number of ketones is 1. The van der Waals surface area contributed by atoms with Crippen molar-refractivity contribution in [2.24, 2.45) is 0 Å². The first-order valence-corrected chi connectivity index (χ1v) is 8.52. The molecule has 7 heteroatoms. The van der Waals surface area contributed by atoms with Gasteiger partial charge in [-0.25, -0.2) is 0 Å². The zero-order chi connectivity index (χ0) is 18.9. The van der Waals surface area contributed by atoms with Crippen LogP contribution >= 0.6 is 11.6 Å². The number of nitrogens with one attached hydrogen (secondary N) is 2. The number of halogens is 1. The zero-order valence-electron chi connectivity index (χ0n) is 14.3. The van der Waals surface area contributed by atoms with Gasteiger partial charge in [0.15, 0.2) is 5.78 Å². The lowest BCUT2D eigenvalue weighted by Crippen LogP contribution is -2.42. The van der Waals surface area contributed by atoms with Crippen molar-refractivity contribution < 1.29 is 18.8 Å². The van der Waals surface area contributed by atoms with E-state index in [0.29, 0.717) is 11.3 Å². The summed E-state index contributed by atoms with van der Waals surface area (Å²) in [5.41, 5.74) is 6.24. The Morgan fingerprint density at radius 1 is 1.12 bits per heavy atom. The lowest BCUT2D eigenvalue weighted by atomic mass is 10.0. The molecule has 0 spiro atoms. The van der Waals surface area contributed by atoms with Gasteiger partial charge >= 0.3 is 0 Å². The number of hydrazine groups is 1. The molecule has 136 valence electrons. The Morgan fingerprint density at radius 2 is 1.85 bits per heavy atom. The summed E-state index contributed by atoms with van der Waals surface area (Å²) in [6.45, 7) is 1.92. The molecule has 6 nitrogen and oxygen atoms in total. The average Bonchev–Trinajstić information content (AvgIpc) is 3.13. The summed E-state index contributed by atoms with van der Waals surface area (Å²) >= 11 is 5.47. The number of carbonyl (C=O) groups excluding carboxylic acids is 3. The molecule has 2 aromatic rings. The SMILES string of the molecule is Cc1ccc(C(=O)C/C(=C\c2ccco2)C(=O)NNC(=O)CCCl)cc1. The number of aryl methyl sites for hydroxylation is 1. The van der Waals surface area contributed by atoms with Crippen molar-refractivity contribution in [1.29, 1.82) is 0 Å². The third-order valence-corrected chi connectivity index (χ3v) is 3.70. The minimum absolute atomic E-state index is 0.0708. The highest BCUT2D eigenvalue weighted by molar-refractivity contribution is 6.19. The van der Waals surface area contributed by atoms with E-state index in [9.17, 15) is 14.4 Å². The van der Waals surface area contributed by atoms with Crippen LogP contribution in [0.3, 0.4) is 0 Å². The summed E-state index contributed by atoms with van der Waals surface area (Å²) in [6, 6.07) is 10.4. The summed E-state index contributed by atoms with van der Waals surface area (Å²) in [7, 11) is 0. The van der Waals surface area contributed by atoms with E-state index >= 15 is 0 Å². The van der Waals surface area contributed by atoms with E-state index in [0.717, 1.165) is 5.56 Å². The van der Waals surface area contributed by atoms with Crippen LogP contribution in [0.25, 0.3) is 6.08 Å².